The molecule has 6 nitrogen and oxygen atoms in total. The van der Waals surface area contributed by atoms with Gasteiger partial charge in [0.2, 0.25) is 0 Å². The van der Waals surface area contributed by atoms with Gasteiger partial charge in [0.25, 0.3) is 5.91 Å². The Hall–Kier alpha value is -3.28. The van der Waals surface area contributed by atoms with Crippen molar-refractivity contribution in [1.82, 2.24) is 4.90 Å². The Morgan fingerprint density at radius 1 is 1.10 bits per heavy atom. The number of ether oxygens (including phenoxy) is 2. The van der Waals surface area contributed by atoms with E-state index in [1.165, 1.54) is 20.3 Å². The van der Waals surface area contributed by atoms with Gasteiger partial charge in [-0.05, 0) is 49.4 Å². The van der Waals surface area contributed by atoms with Crippen molar-refractivity contribution in [2.45, 2.75) is 19.8 Å². The van der Waals surface area contributed by atoms with Gasteiger partial charge in [0.05, 0.1) is 14.2 Å². The number of allylic oxidation sites excluding steroid dienone is 1. The second-order valence-corrected chi connectivity index (χ2v) is 7.46. The maximum Gasteiger partial charge on any atom is 0.342 e. The molecule has 0 spiro atoms. The summed E-state index contributed by atoms with van der Waals surface area (Å²) in [6.45, 7) is 3.35. The Labute approximate surface area is 176 Å². The highest BCUT2D eigenvalue weighted by Gasteiger charge is 2.23. The largest absolute Gasteiger partial charge is 0.507 e. The summed E-state index contributed by atoms with van der Waals surface area (Å²) in [6, 6.07) is 10.7. The van der Waals surface area contributed by atoms with E-state index >= 15 is 0 Å². The Kier molecular flexibility index (Phi) is 6.77. The van der Waals surface area contributed by atoms with Gasteiger partial charge in [-0.1, -0.05) is 29.8 Å². The summed E-state index contributed by atoms with van der Waals surface area (Å²) in [5.74, 6) is 0.0000291. The minimum atomic E-state index is -0.603. The van der Waals surface area contributed by atoms with E-state index in [2.05, 4.69) is 0 Å². The highest BCUT2D eigenvalue weighted by molar-refractivity contribution is 5.97. The molecule has 2 aromatic carbocycles. The zero-order valence-corrected chi connectivity index (χ0v) is 17.6. The van der Waals surface area contributed by atoms with Crippen molar-refractivity contribution in [3.05, 3.63) is 64.7 Å². The molecule has 1 saturated heterocycles. The number of methoxy groups -OCH3 is 2. The number of nitrogens with zero attached hydrogens (tertiary/aromatic N) is 1. The van der Waals surface area contributed by atoms with Gasteiger partial charge in [-0.3, -0.25) is 4.79 Å². The molecule has 1 N–H and O–H groups in total. The van der Waals surface area contributed by atoms with Crippen LogP contribution in [0.2, 0.25) is 0 Å². The van der Waals surface area contributed by atoms with Crippen molar-refractivity contribution in [2.75, 3.05) is 27.3 Å². The van der Waals surface area contributed by atoms with E-state index < -0.39 is 5.97 Å². The first-order chi connectivity index (χ1) is 14.4. The molecular weight excluding hydrogens is 382 g/mol. The molecule has 0 atom stereocenters. The van der Waals surface area contributed by atoms with Crippen LogP contribution in [0.25, 0.3) is 6.08 Å². The Morgan fingerprint density at radius 2 is 1.77 bits per heavy atom. The molecule has 158 valence electrons. The standard InChI is InChI=1S/C24H27NO5/c1-16-4-7-18(8-5-16)23(27)25-12-10-17(11-13-25)6-9-19-14-20(29-2)15-21(26)22(19)24(28)30-3/h4-9,14-15,17,26H,10-13H2,1-3H3/b9-6+. The van der Waals surface area contributed by atoms with Crippen LogP contribution in [0.5, 0.6) is 11.5 Å². The molecule has 0 aliphatic carbocycles. The van der Waals surface area contributed by atoms with Gasteiger partial charge in [0, 0.05) is 24.7 Å². The van der Waals surface area contributed by atoms with E-state index in [0.717, 1.165) is 18.4 Å². The highest BCUT2D eigenvalue weighted by atomic mass is 16.5. The lowest BCUT2D eigenvalue weighted by Gasteiger charge is -2.31. The third kappa shape index (κ3) is 4.82. The number of carbonyl (C=O) groups excluding carboxylic acids is 2. The second-order valence-electron chi connectivity index (χ2n) is 7.46. The number of hydrogen-bond donors (Lipinski definition) is 1. The molecule has 1 amide bonds. The fourth-order valence-corrected chi connectivity index (χ4v) is 3.61. The van der Waals surface area contributed by atoms with Crippen LogP contribution in [0.1, 0.15) is 44.7 Å². The highest BCUT2D eigenvalue weighted by Crippen LogP contribution is 2.30. The number of phenolic OH excluding ortho intramolecular Hbond substituents is 1. The zero-order chi connectivity index (χ0) is 21.7. The van der Waals surface area contributed by atoms with Gasteiger partial charge in [0.1, 0.15) is 17.1 Å². The number of aromatic hydroxyl groups is 1. The molecule has 1 aliphatic rings. The SMILES string of the molecule is COC(=O)c1c(O)cc(OC)cc1/C=C/C1CCN(C(=O)c2ccc(C)cc2)CC1. The molecule has 30 heavy (non-hydrogen) atoms. The van der Waals surface area contributed by atoms with Crippen LogP contribution < -0.4 is 4.74 Å². The summed E-state index contributed by atoms with van der Waals surface area (Å²) < 4.78 is 9.99. The Balaban J connectivity index is 1.69. The number of amides is 1. The number of rotatable bonds is 5. The predicted octanol–water partition coefficient (Wildman–Crippen LogP) is 4.06. The number of esters is 1. The third-order valence-electron chi connectivity index (χ3n) is 5.42. The molecule has 0 unspecified atom stereocenters. The van der Waals surface area contributed by atoms with Crippen molar-refractivity contribution in [1.29, 1.82) is 0 Å². The minimum Gasteiger partial charge on any atom is -0.507 e. The summed E-state index contributed by atoms with van der Waals surface area (Å²) in [4.78, 5) is 26.6. The van der Waals surface area contributed by atoms with E-state index in [4.69, 9.17) is 9.47 Å². The molecule has 6 heteroatoms. The molecular formula is C24H27NO5. The molecule has 2 aromatic rings. The first-order valence-electron chi connectivity index (χ1n) is 9.96. The number of benzene rings is 2. The third-order valence-corrected chi connectivity index (χ3v) is 5.42. The van der Waals surface area contributed by atoms with E-state index in [1.54, 1.807) is 6.07 Å². The van der Waals surface area contributed by atoms with Crippen LogP contribution in [0, 0.1) is 12.8 Å². The van der Waals surface area contributed by atoms with Crippen molar-refractivity contribution < 1.29 is 24.2 Å². The maximum atomic E-state index is 12.7. The molecule has 3 rings (SSSR count). The van der Waals surface area contributed by atoms with Crippen molar-refractivity contribution in [2.24, 2.45) is 5.92 Å². The van der Waals surface area contributed by atoms with Gasteiger partial charge >= 0.3 is 5.97 Å². The van der Waals surface area contributed by atoms with Crippen LogP contribution in [0.3, 0.4) is 0 Å². The van der Waals surface area contributed by atoms with E-state index in [1.807, 2.05) is 48.2 Å². The number of piperidine rings is 1. The van der Waals surface area contributed by atoms with Gasteiger partial charge in [0.15, 0.2) is 0 Å². The smallest absolute Gasteiger partial charge is 0.342 e. The van der Waals surface area contributed by atoms with Crippen LogP contribution in [-0.4, -0.2) is 49.2 Å². The lowest BCUT2D eigenvalue weighted by molar-refractivity contribution is 0.0596. The molecule has 1 aliphatic heterocycles. The topological polar surface area (TPSA) is 76.1 Å². The summed E-state index contributed by atoms with van der Waals surface area (Å²) >= 11 is 0. The van der Waals surface area contributed by atoms with E-state index in [9.17, 15) is 14.7 Å². The molecule has 0 bridgehead atoms. The zero-order valence-electron chi connectivity index (χ0n) is 17.6. The van der Waals surface area contributed by atoms with Crippen LogP contribution in [-0.2, 0) is 4.74 Å². The maximum absolute atomic E-state index is 12.7. The lowest BCUT2D eigenvalue weighted by atomic mass is 9.94. The summed E-state index contributed by atoms with van der Waals surface area (Å²) in [5.41, 5.74) is 2.49. The van der Waals surface area contributed by atoms with Gasteiger partial charge in [-0.15, -0.1) is 0 Å². The first kappa shape index (κ1) is 21.4. The lowest BCUT2D eigenvalue weighted by Crippen LogP contribution is -2.38. The summed E-state index contributed by atoms with van der Waals surface area (Å²) in [6.07, 6.45) is 5.50. The summed E-state index contributed by atoms with van der Waals surface area (Å²) in [5, 5.41) is 10.2. The fraction of sp³-hybridized carbons (Fsp3) is 0.333. The average Bonchev–Trinajstić information content (AvgIpc) is 2.77. The molecule has 1 heterocycles. The minimum absolute atomic E-state index is 0.0584. The Bertz CT molecular complexity index is 941. The number of hydrogen-bond acceptors (Lipinski definition) is 5. The molecule has 0 radical (unpaired) electrons. The number of aryl methyl sites for hydroxylation is 1. The first-order valence-corrected chi connectivity index (χ1v) is 9.96. The second kappa shape index (κ2) is 9.48. The molecule has 0 aromatic heterocycles. The van der Waals surface area contributed by atoms with E-state index in [-0.39, 0.29) is 23.1 Å². The van der Waals surface area contributed by atoms with Crippen molar-refractivity contribution in [3.8, 4) is 11.5 Å². The van der Waals surface area contributed by atoms with Crippen molar-refractivity contribution in [3.63, 3.8) is 0 Å². The van der Waals surface area contributed by atoms with Gasteiger partial charge < -0.3 is 19.5 Å². The molecule has 1 fully saturated rings. The molecule has 0 saturated carbocycles. The normalized spacial score (nSPS) is 14.7. The number of likely N-dealkylation sites (tertiary alicyclic amines) is 1. The number of carbonyl (C=O) groups is 2. The fourth-order valence-electron chi connectivity index (χ4n) is 3.61. The van der Waals surface area contributed by atoms with Crippen LogP contribution in [0.4, 0.5) is 0 Å². The average molecular weight is 409 g/mol. The van der Waals surface area contributed by atoms with Crippen LogP contribution in [0.15, 0.2) is 42.5 Å². The quantitative estimate of drug-likeness (QED) is 0.754. The van der Waals surface area contributed by atoms with E-state index in [0.29, 0.717) is 30.0 Å². The number of phenols is 1. The van der Waals surface area contributed by atoms with Gasteiger partial charge in [-0.2, -0.15) is 0 Å². The van der Waals surface area contributed by atoms with Crippen molar-refractivity contribution >= 4 is 18.0 Å². The summed E-state index contributed by atoms with van der Waals surface area (Å²) in [7, 11) is 2.78. The van der Waals surface area contributed by atoms with Crippen LogP contribution >= 0.6 is 0 Å². The predicted molar refractivity (Wildman–Crippen MR) is 115 cm³/mol. The van der Waals surface area contributed by atoms with Gasteiger partial charge in [-0.25, -0.2) is 4.79 Å². The Morgan fingerprint density at radius 3 is 2.37 bits per heavy atom. The monoisotopic (exact) mass is 409 g/mol.